The van der Waals surface area contributed by atoms with Gasteiger partial charge < -0.3 is 19.4 Å². The van der Waals surface area contributed by atoms with Gasteiger partial charge in [-0.2, -0.15) is 0 Å². The molecule has 2 saturated heterocycles. The number of carbonyl (C=O) groups excluding carboxylic acids is 1. The number of hydrogen-bond acceptors (Lipinski definition) is 5. The van der Waals surface area contributed by atoms with E-state index in [1.54, 1.807) is 0 Å². The van der Waals surface area contributed by atoms with Gasteiger partial charge >= 0.3 is 0 Å². The highest BCUT2D eigenvalue weighted by atomic mass is 16.5. The lowest BCUT2D eigenvalue weighted by Crippen LogP contribution is -2.46. The molecule has 1 atom stereocenters. The van der Waals surface area contributed by atoms with Crippen LogP contribution in [0, 0.1) is 12.8 Å². The molecular formula is C20H33N3O3. The number of hydrogen-bond donors (Lipinski definition) is 1. The third-order valence-electron chi connectivity index (χ3n) is 5.68. The molecule has 6 nitrogen and oxygen atoms in total. The Bertz CT molecular complexity index is 573. The lowest BCUT2D eigenvalue weighted by atomic mass is 9.95. The van der Waals surface area contributed by atoms with E-state index < -0.39 is 0 Å². The van der Waals surface area contributed by atoms with Gasteiger partial charge in [0.1, 0.15) is 11.5 Å². The fourth-order valence-corrected chi connectivity index (χ4v) is 3.95. The first-order valence-corrected chi connectivity index (χ1v) is 9.94. The Morgan fingerprint density at radius 2 is 1.85 bits per heavy atom. The Kier molecular flexibility index (Phi) is 6.73. The highest BCUT2D eigenvalue weighted by Crippen LogP contribution is 2.24. The van der Waals surface area contributed by atoms with E-state index in [9.17, 15) is 4.79 Å². The summed E-state index contributed by atoms with van der Waals surface area (Å²) in [5.41, 5.74) is 0. The molecule has 2 aliphatic rings. The number of nitrogens with zero attached hydrogens (tertiary/aromatic N) is 2. The predicted octanol–water partition coefficient (Wildman–Crippen LogP) is 2.20. The molecule has 2 aliphatic heterocycles. The number of amides is 1. The van der Waals surface area contributed by atoms with Gasteiger partial charge in [-0.25, -0.2) is 0 Å². The zero-order chi connectivity index (χ0) is 18.5. The van der Waals surface area contributed by atoms with Crippen molar-refractivity contribution in [3.8, 4) is 0 Å². The van der Waals surface area contributed by atoms with E-state index in [0.29, 0.717) is 12.6 Å². The van der Waals surface area contributed by atoms with Crippen molar-refractivity contribution in [2.45, 2.75) is 45.7 Å². The molecule has 0 aromatic carbocycles. The molecule has 0 radical (unpaired) electrons. The first-order chi connectivity index (χ1) is 12.5. The second-order valence-electron chi connectivity index (χ2n) is 7.76. The number of morpholine rings is 1. The van der Waals surface area contributed by atoms with Crippen LogP contribution in [0.1, 0.15) is 44.3 Å². The average Bonchev–Trinajstić information content (AvgIpc) is 3.09. The zero-order valence-electron chi connectivity index (χ0n) is 16.4. The lowest BCUT2D eigenvalue weighted by Gasteiger charge is -2.35. The Balaban J connectivity index is 1.56. The summed E-state index contributed by atoms with van der Waals surface area (Å²) in [6.45, 7) is 12.2. The Morgan fingerprint density at radius 1 is 1.15 bits per heavy atom. The monoisotopic (exact) mass is 363 g/mol. The first kappa shape index (κ1) is 19.4. The van der Waals surface area contributed by atoms with E-state index in [0.717, 1.165) is 63.8 Å². The van der Waals surface area contributed by atoms with Crippen LogP contribution in [-0.2, 0) is 9.53 Å². The number of rotatable bonds is 6. The van der Waals surface area contributed by atoms with Crippen molar-refractivity contribution in [2.75, 3.05) is 45.9 Å². The molecule has 6 heteroatoms. The zero-order valence-corrected chi connectivity index (χ0v) is 16.4. The number of furan rings is 1. The molecule has 0 bridgehead atoms. The van der Waals surface area contributed by atoms with E-state index in [-0.39, 0.29) is 17.9 Å². The normalized spacial score (nSPS) is 21.8. The summed E-state index contributed by atoms with van der Waals surface area (Å²) >= 11 is 0. The topological polar surface area (TPSA) is 58.0 Å². The minimum absolute atomic E-state index is 0.0762. The van der Waals surface area contributed by atoms with Crippen molar-refractivity contribution in [2.24, 2.45) is 5.92 Å². The second kappa shape index (κ2) is 9.02. The number of nitrogens with one attached hydrogen (secondary N) is 1. The summed E-state index contributed by atoms with van der Waals surface area (Å²) in [6.07, 6.45) is 1.90. The maximum absolute atomic E-state index is 12.7. The van der Waals surface area contributed by atoms with Crippen LogP contribution < -0.4 is 5.32 Å². The molecule has 3 rings (SSSR count). The van der Waals surface area contributed by atoms with Gasteiger partial charge in [0.25, 0.3) is 0 Å². The van der Waals surface area contributed by atoms with Crippen LogP contribution in [-0.4, -0.2) is 67.7 Å². The lowest BCUT2D eigenvalue weighted by molar-refractivity contribution is -0.127. The number of likely N-dealkylation sites (tertiary alicyclic amines) is 1. The Hall–Kier alpha value is -1.37. The fourth-order valence-electron chi connectivity index (χ4n) is 3.95. The molecule has 0 aliphatic carbocycles. The van der Waals surface area contributed by atoms with Crippen LogP contribution in [0.3, 0.4) is 0 Å². The molecule has 3 heterocycles. The quantitative estimate of drug-likeness (QED) is 0.840. The first-order valence-electron chi connectivity index (χ1n) is 9.94. The molecule has 1 amide bonds. The SMILES string of the molecule is Cc1ccc([C@H](CNC(=O)C2CCN(C(C)C)CC2)N2CCOCC2)o1. The second-order valence-corrected chi connectivity index (χ2v) is 7.76. The summed E-state index contributed by atoms with van der Waals surface area (Å²) in [4.78, 5) is 17.5. The van der Waals surface area contributed by atoms with Crippen molar-refractivity contribution >= 4 is 5.91 Å². The minimum Gasteiger partial charge on any atom is -0.465 e. The van der Waals surface area contributed by atoms with Crippen molar-refractivity contribution < 1.29 is 13.9 Å². The molecule has 1 aromatic heterocycles. The van der Waals surface area contributed by atoms with Gasteiger partial charge in [0.05, 0.1) is 19.3 Å². The van der Waals surface area contributed by atoms with E-state index in [1.165, 1.54) is 0 Å². The highest BCUT2D eigenvalue weighted by Gasteiger charge is 2.29. The molecule has 0 saturated carbocycles. The average molecular weight is 364 g/mol. The molecule has 1 aromatic rings. The van der Waals surface area contributed by atoms with E-state index >= 15 is 0 Å². The Morgan fingerprint density at radius 3 is 2.42 bits per heavy atom. The van der Waals surface area contributed by atoms with Gasteiger partial charge in [0.2, 0.25) is 5.91 Å². The summed E-state index contributed by atoms with van der Waals surface area (Å²) in [5.74, 6) is 2.16. The van der Waals surface area contributed by atoms with Crippen LogP contribution >= 0.6 is 0 Å². The van der Waals surface area contributed by atoms with Gasteiger partial charge in [-0.1, -0.05) is 0 Å². The molecule has 146 valence electrons. The fraction of sp³-hybridized carbons (Fsp3) is 0.750. The maximum Gasteiger partial charge on any atom is 0.223 e. The van der Waals surface area contributed by atoms with Gasteiger partial charge in [0.15, 0.2) is 0 Å². The number of ether oxygens (including phenoxy) is 1. The van der Waals surface area contributed by atoms with Crippen LogP contribution in [0.4, 0.5) is 0 Å². The van der Waals surface area contributed by atoms with E-state index in [1.807, 2.05) is 19.1 Å². The smallest absolute Gasteiger partial charge is 0.223 e. The molecule has 0 unspecified atom stereocenters. The summed E-state index contributed by atoms with van der Waals surface area (Å²) in [6, 6.07) is 4.66. The molecule has 2 fully saturated rings. The highest BCUT2D eigenvalue weighted by molar-refractivity contribution is 5.78. The van der Waals surface area contributed by atoms with Crippen LogP contribution in [0.5, 0.6) is 0 Å². The van der Waals surface area contributed by atoms with Crippen LogP contribution in [0.15, 0.2) is 16.5 Å². The molecule has 0 spiro atoms. The number of carbonyl (C=O) groups is 1. The van der Waals surface area contributed by atoms with Gasteiger partial charge in [0, 0.05) is 31.6 Å². The van der Waals surface area contributed by atoms with Crippen molar-refractivity contribution in [3.63, 3.8) is 0 Å². The summed E-state index contributed by atoms with van der Waals surface area (Å²) in [7, 11) is 0. The molecule has 1 N–H and O–H groups in total. The van der Waals surface area contributed by atoms with Gasteiger partial charge in [-0.3, -0.25) is 9.69 Å². The predicted molar refractivity (Wildman–Crippen MR) is 101 cm³/mol. The third kappa shape index (κ3) is 4.87. The van der Waals surface area contributed by atoms with Crippen LogP contribution in [0.2, 0.25) is 0 Å². The standard InChI is InChI=1S/C20H33N3O3/c1-15(2)22-8-6-17(7-9-22)20(24)21-14-18(19-5-4-16(3)26-19)23-10-12-25-13-11-23/h4-5,15,17-18H,6-14H2,1-3H3,(H,21,24)/t18-/m0/s1. The van der Waals surface area contributed by atoms with Gasteiger partial charge in [-0.05, 0) is 58.8 Å². The number of piperidine rings is 1. The van der Waals surface area contributed by atoms with Crippen LogP contribution in [0.25, 0.3) is 0 Å². The van der Waals surface area contributed by atoms with E-state index in [2.05, 4.69) is 29.0 Å². The van der Waals surface area contributed by atoms with Gasteiger partial charge in [-0.15, -0.1) is 0 Å². The Labute approximate surface area is 156 Å². The maximum atomic E-state index is 12.7. The number of aryl methyl sites for hydroxylation is 1. The molecular weight excluding hydrogens is 330 g/mol. The summed E-state index contributed by atoms with van der Waals surface area (Å²) in [5, 5.41) is 3.20. The van der Waals surface area contributed by atoms with Crippen molar-refractivity contribution in [1.29, 1.82) is 0 Å². The largest absolute Gasteiger partial charge is 0.465 e. The third-order valence-corrected chi connectivity index (χ3v) is 5.68. The van der Waals surface area contributed by atoms with E-state index in [4.69, 9.17) is 9.15 Å². The minimum atomic E-state index is 0.0762. The summed E-state index contributed by atoms with van der Waals surface area (Å²) < 4.78 is 11.4. The van der Waals surface area contributed by atoms with Crippen molar-refractivity contribution in [1.82, 2.24) is 15.1 Å². The molecule has 26 heavy (non-hydrogen) atoms. The van der Waals surface area contributed by atoms with Crippen molar-refractivity contribution in [3.05, 3.63) is 23.7 Å².